The average Bonchev–Trinajstić information content (AvgIpc) is 3.21. The number of carbonyl (C=O) groups is 1. The normalized spacial score (nSPS) is 11.4. The summed E-state index contributed by atoms with van der Waals surface area (Å²) in [7, 11) is 1.60. The maximum Gasteiger partial charge on any atom is 0.471 e. The number of aromatic amines is 1. The Morgan fingerprint density at radius 3 is 2.63 bits per heavy atom. The summed E-state index contributed by atoms with van der Waals surface area (Å²) in [4.78, 5) is 28.2. The van der Waals surface area contributed by atoms with Gasteiger partial charge in [0.25, 0.3) is 0 Å². The zero-order chi connectivity index (χ0) is 21.9. The molecular weight excluding hydrogens is 444 g/mol. The van der Waals surface area contributed by atoms with Crippen LogP contribution in [0.1, 0.15) is 0 Å². The summed E-state index contributed by atoms with van der Waals surface area (Å²) in [6.07, 6.45) is -0.270. The molecule has 3 rings (SSSR count). The first-order chi connectivity index (χ1) is 14.2. The maximum absolute atomic E-state index is 12.3. The number of anilines is 1. The summed E-state index contributed by atoms with van der Waals surface area (Å²) in [5, 5.41) is 2.63. The highest BCUT2D eigenvalue weighted by Gasteiger charge is 2.38. The van der Waals surface area contributed by atoms with Crippen molar-refractivity contribution in [2.45, 2.75) is 6.18 Å². The summed E-state index contributed by atoms with van der Waals surface area (Å²) in [5.74, 6) is -1.76. The number of H-pyrrole nitrogens is 1. The van der Waals surface area contributed by atoms with E-state index in [1.807, 2.05) is 5.32 Å². The molecule has 0 atom stereocenters. The molecule has 1 aromatic carbocycles. The molecule has 1 amide bonds. The van der Waals surface area contributed by atoms with Gasteiger partial charge < -0.3 is 15.2 Å². The van der Waals surface area contributed by atoms with E-state index in [0.29, 0.717) is 32.6 Å². The third kappa shape index (κ3) is 5.00. The first kappa shape index (κ1) is 21.8. The summed E-state index contributed by atoms with van der Waals surface area (Å²) >= 11 is 12.3. The van der Waals surface area contributed by atoms with Gasteiger partial charge >= 0.3 is 12.1 Å². The first-order valence-electron chi connectivity index (χ1n) is 8.54. The lowest BCUT2D eigenvalue weighted by atomic mass is 10.1. The molecule has 0 radical (unpaired) electrons. The van der Waals surface area contributed by atoms with E-state index in [1.165, 1.54) is 11.2 Å². The Bertz CT molecular complexity index is 1040. The van der Waals surface area contributed by atoms with Gasteiger partial charge in [-0.05, 0) is 18.2 Å². The minimum Gasteiger partial charge on any atom is -0.347 e. The van der Waals surface area contributed by atoms with Crippen LogP contribution in [0, 0.1) is 0 Å². The molecule has 2 heterocycles. The van der Waals surface area contributed by atoms with E-state index in [4.69, 9.17) is 23.2 Å². The number of halogens is 5. The molecule has 0 unspecified atom stereocenters. The molecule has 0 saturated heterocycles. The monoisotopic (exact) mass is 458 g/mol. The lowest BCUT2D eigenvalue weighted by molar-refractivity contribution is -0.173. The van der Waals surface area contributed by atoms with Gasteiger partial charge in [-0.3, -0.25) is 4.79 Å². The van der Waals surface area contributed by atoms with Crippen molar-refractivity contribution < 1.29 is 18.0 Å². The van der Waals surface area contributed by atoms with Crippen LogP contribution in [0.2, 0.25) is 10.0 Å². The van der Waals surface area contributed by atoms with Crippen molar-refractivity contribution in [1.82, 2.24) is 25.3 Å². The fourth-order valence-corrected chi connectivity index (χ4v) is 3.08. The Labute approximate surface area is 179 Å². The van der Waals surface area contributed by atoms with Crippen molar-refractivity contribution in [1.29, 1.82) is 0 Å². The standard InChI is InChI=1S/C18H15Cl2F3N6O/c1-29(5-4-25-16(30)18(21,22)23)17-26-7-12(14-8-24-9-27-14)15(28-17)11-3-2-10(19)6-13(11)20/h2-3,6-9H,4-5H2,1H3,(H,24,27)(H,25,30). The smallest absolute Gasteiger partial charge is 0.347 e. The van der Waals surface area contributed by atoms with E-state index in [0.717, 1.165) is 0 Å². The van der Waals surface area contributed by atoms with Crippen LogP contribution in [-0.2, 0) is 4.79 Å². The highest BCUT2D eigenvalue weighted by atomic mass is 35.5. The molecule has 2 N–H and O–H groups in total. The van der Waals surface area contributed by atoms with Crippen molar-refractivity contribution in [3.05, 3.63) is 47.0 Å². The van der Waals surface area contributed by atoms with Crippen LogP contribution >= 0.6 is 23.2 Å². The van der Waals surface area contributed by atoms with E-state index in [2.05, 4.69) is 19.9 Å². The van der Waals surface area contributed by atoms with Gasteiger partial charge in [-0.25, -0.2) is 15.0 Å². The number of carbonyl (C=O) groups excluding carboxylic acids is 1. The second kappa shape index (κ2) is 8.88. The van der Waals surface area contributed by atoms with Gasteiger partial charge in [-0.2, -0.15) is 13.2 Å². The second-order valence-corrected chi connectivity index (χ2v) is 7.04. The van der Waals surface area contributed by atoms with Crippen LogP contribution in [-0.4, -0.2) is 52.2 Å². The number of nitrogens with one attached hydrogen (secondary N) is 2. The number of alkyl halides is 3. The summed E-state index contributed by atoms with van der Waals surface area (Å²) in [6, 6.07) is 4.95. The fraction of sp³-hybridized carbons (Fsp3) is 0.222. The SMILES string of the molecule is CN(CCNC(=O)C(F)(F)F)c1ncc(-c2cnc[nH]2)c(-c2ccc(Cl)cc2Cl)n1. The van der Waals surface area contributed by atoms with Gasteiger partial charge in [0.1, 0.15) is 0 Å². The van der Waals surface area contributed by atoms with E-state index in [9.17, 15) is 18.0 Å². The van der Waals surface area contributed by atoms with Crippen LogP contribution in [0.5, 0.6) is 0 Å². The molecule has 0 aliphatic carbocycles. The summed E-state index contributed by atoms with van der Waals surface area (Å²) < 4.78 is 36.9. The number of likely N-dealkylation sites (N-methyl/N-ethyl adjacent to an activating group) is 1. The zero-order valence-corrected chi connectivity index (χ0v) is 17.0. The molecule has 0 saturated carbocycles. The number of aromatic nitrogens is 4. The molecule has 0 spiro atoms. The van der Waals surface area contributed by atoms with E-state index in [-0.39, 0.29) is 19.0 Å². The predicted molar refractivity (Wildman–Crippen MR) is 107 cm³/mol. The molecule has 0 fully saturated rings. The largest absolute Gasteiger partial charge is 0.471 e. The topological polar surface area (TPSA) is 86.8 Å². The van der Waals surface area contributed by atoms with Gasteiger partial charge in [0, 0.05) is 42.5 Å². The van der Waals surface area contributed by atoms with Gasteiger partial charge in [-0.1, -0.05) is 23.2 Å². The van der Waals surface area contributed by atoms with Crippen molar-refractivity contribution in [2.24, 2.45) is 0 Å². The van der Waals surface area contributed by atoms with Crippen molar-refractivity contribution in [2.75, 3.05) is 25.0 Å². The molecule has 12 heteroatoms. The number of amides is 1. The average molecular weight is 459 g/mol. The van der Waals surface area contributed by atoms with Crippen LogP contribution in [0.4, 0.5) is 19.1 Å². The number of hydrogen-bond donors (Lipinski definition) is 2. The quantitative estimate of drug-likeness (QED) is 0.583. The summed E-state index contributed by atoms with van der Waals surface area (Å²) in [5.41, 5.74) is 2.35. The molecule has 7 nitrogen and oxygen atoms in total. The Hall–Kier alpha value is -2.85. The first-order valence-corrected chi connectivity index (χ1v) is 9.30. The fourth-order valence-electron chi connectivity index (χ4n) is 2.58. The number of imidazole rings is 1. The molecule has 0 bridgehead atoms. The molecule has 3 aromatic rings. The van der Waals surface area contributed by atoms with E-state index >= 15 is 0 Å². The van der Waals surface area contributed by atoms with Gasteiger partial charge in [0.15, 0.2) is 0 Å². The minimum absolute atomic E-state index is 0.0546. The lowest BCUT2D eigenvalue weighted by Crippen LogP contribution is -2.40. The highest BCUT2D eigenvalue weighted by molar-refractivity contribution is 6.36. The molecule has 0 aliphatic rings. The zero-order valence-electron chi connectivity index (χ0n) is 15.5. The van der Waals surface area contributed by atoms with Crippen LogP contribution in [0.25, 0.3) is 22.5 Å². The molecule has 30 heavy (non-hydrogen) atoms. The Morgan fingerprint density at radius 2 is 2.00 bits per heavy atom. The van der Waals surface area contributed by atoms with Crippen molar-refractivity contribution >= 4 is 35.1 Å². The lowest BCUT2D eigenvalue weighted by Gasteiger charge is -2.19. The summed E-state index contributed by atoms with van der Waals surface area (Å²) in [6.45, 7) is -0.184. The van der Waals surface area contributed by atoms with Crippen molar-refractivity contribution in [3.8, 4) is 22.5 Å². The number of rotatable bonds is 6. The predicted octanol–water partition coefficient (Wildman–Crippen LogP) is 3.96. The minimum atomic E-state index is -4.93. The Morgan fingerprint density at radius 1 is 1.23 bits per heavy atom. The van der Waals surface area contributed by atoms with Crippen LogP contribution in [0.15, 0.2) is 36.9 Å². The highest BCUT2D eigenvalue weighted by Crippen LogP contribution is 2.35. The Kier molecular flexibility index (Phi) is 6.47. The molecule has 2 aromatic heterocycles. The molecule has 0 aliphatic heterocycles. The van der Waals surface area contributed by atoms with E-state index < -0.39 is 12.1 Å². The van der Waals surface area contributed by atoms with Gasteiger partial charge in [-0.15, -0.1) is 0 Å². The third-order valence-corrected chi connectivity index (χ3v) is 4.63. The van der Waals surface area contributed by atoms with Gasteiger partial charge in [0.05, 0.1) is 28.9 Å². The van der Waals surface area contributed by atoms with E-state index in [1.54, 1.807) is 37.6 Å². The van der Waals surface area contributed by atoms with Crippen molar-refractivity contribution in [3.63, 3.8) is 0 Å². The second-order valence-electron chi connectivity index (χ2n) is 6.20. The third-order valence-electron chi connectivity index (χ3n) is 4.08. The number of nitrogens with zero attached hydrogens (tertiary/aromatic N) is 4. The number of benzene rings is 1. The molecule has 158 valence electrons. The maximum atomic E-state index is 12.3. The van der Waals surface area contributed by atoms with Crippen LogP contribution < -0.4 is 10.2 Å². The molecular formula is C18H15Cl2F3N6O. The Balaban J connectivity index is 1.89. The number of hydrogen-bond acceptors (Lipinski definition) is 5. The van der Waals surface area contributed by atoms with Gasteiger partial charge in [0.2, 0.25) is 5.95 Å². The van der Waals surface area contributed by atoms with Crippen LogP contribution in [0.3, 0.4) is 0 Å².